The molecule has 98 valence electrons. The number of aliphatic hydroxyl groups is 1. The summed E-state index contributed by atoms with van der Waals surface area (Å²) in [5.74, 6) is 0. The minimum atomic E-state index is -0.488. The molecule has 0 aromatic carbocycles. The molecule has 1 aromatic heterocycles. The van der Waals surface area contributed by atoms with E-state index < -0.39 is 6.10 Å². The third-order valence-electron chi connectivity index (χ3n) is 3.64. The second-order valence-electron chi connectivity index (χ2n) is 5.25. The number of aryl methyl sites for hydroxylation is 2. The molecule has 1 unspecified atom stereocenters. The molecule has 5 heteroatoms. The Hall–Kier alpha value is -0.580. The Morgan fingerprint density at radius 2 is 2.00 bits per heavy atom. The van der Waals surface area contributed by atoms with E-state index in [-0.39, 0.29) is 5.54 Å². The smallest absolute Gasteiger partial charge is 0.130 e. The summed E-state index contributed by atoms with van der Waals surface area (Å²) in [6.07, 6.45) is 0.0295. The monoisotopic (exact) mass is 259 g/mol. The minimum Gasteiger partial charge on any atom is -0.391 e. The van der Waals surface area contributed by atoms with Crippen LogP contribution in [0.15, 0.2) is 0 Å². The first-order valence-electron chi connectivity index (χ1n) is 5.71. The minimum absolute atomic E-state index is 0.300. The largest absolute Gasteiger partial charge is 0.391 e. The Balaban J connectivity index is 2.92. The van der Waals surface area contributed by atoms with Crippen LogP contribution in [0.4, 0.5) is 0 Å². The Morgan fingerprint density at radius 3 is 2.35 bits per heavy atom. The summed E-state index contributed by atoms with van der Waals surface area (Å²) in [4.78, 5) is 2.01. The van der Waals surface area contributed by atoms with Gasteiger partial charge in [-0.25, -0.2) is 0 Å². The van der Waals surface area contributed by atoms with Gasteiger partial charge in [-0.1, -0.05) is 11.6 Å². The molecule has 0 amide bonds. The van der Waals surface area contributed by atoms with Gasteiger partial charge in [0, 0.05) is 24.6 Å². The molecule has 0 radical (unpaired) electrons. The Kier molecular flexibility index (Phi) is 4.23. The molecule has 0 fully saturated rings. The van der Waals surface area contributed by atoms with Gasteiger partial charge in [-0.2, -0.15) is 5.10 Å². The number of nitrogens with zero attached hydrogens (tertiary/aromatic N) is 3. The van der Waals surface area contributed by atoms with E-state index in [1.165, 1.54) is 0 Å². The topological polar surface area (TPSA) is 41.3 Å². The van der Waals surface area contributed by atoms with Gasteiger partial charge in [0.05, 0.1) is 11.8 Å². The van der Waals surface area contributed by atoms with E-state index >= 15 is 0 Å². The molecule has 1 N–H and O–H groups in total. The average Bonchev–Trinajstić information content (AvgIpc) is 2.44. The number of hydrogen-bond acceptors (Lipinski definition) is 3. The number of aliphatic hydroxyl groups excluding tert-OH is 1. The van der Waals surface area contributed by atoms with E-state index in [1.54, 1.807) is 4.68 Å². The van der Waals surface area contributed by atoms with Crippen LogP contribution in [-0.2, 0) is 13.5 Å². The zero-order chi connectivity index (χ0) is 13.4. The van der Waals surface area contributed by atoms with Gasteiger partial charge in [0.25, 0.3) is 0 Å². The Bertz CT molecular complexity index is 399. The van der Waals surface area contributed by atoms with Gasteiger partial charge in [0.1, 0.15) is 5.15 Å². The number of halogens is 1. The molecular weight excluding hydrogens is 238 g/mol. The first-order chi connectivity index (χ1) is 7.67. The molecule has 1 heterocycles. The fourth-order valence-corrected chi connectivity index (χ4v) is 1.90. The lowest BCUT2D eigenvalue weighted by Gasteiger charge is -2.37. The second-order valence-corrected chi connectivity index (χ2v) is 5.60. The fraction of sp³-hybridized carbons (Fsp3) is 0.750. The van der Waals surface area contributed by atoms with E-state index in [0.717, 1.165) is 11.3 Å². The van der Waals surface area contributed by atoms with E-state index in [2.05, 4.69) is 5.10 Å². The predicted octanol–water partition coefficient (Wildman–Crippen LogP) is 1.63. The molecule has 1 aromatic rings. The highest BCUT2D eigenvalue weighted by atomic mass is 35.5. The molecule has 1 rings (SSSR count). The number of hydrogen-bond donors (Lipinski definition) is 1. The van der Waals surface area contributed by atoms with Crippen LogP contribution in [0.1, 0.15) is 25.1 Å². The summed E-state index contributed by atoms with van der Waals surface area (Å²) in [6, 6.07) is 0. The molecule has 0 bridgehead atoms. The van der Waals surface area contributed by atoms with Crippen molar-refractivity contribution >= 4 is 11.6 Å². The standard InChI is InChI=1S/C12H22ClN3O/c1-8-9(11(13)16(6)14-8)7-10(17)12(2,3)15(4)5/h10,17H,7H2,1-6H3. The van der Waals surface area contributed by atoms with Gasteiger partial charge < -0.3 is 10.0 Å². The second kappa shape index (κ2) is 4.96. The van der Waals surface area contributed by atoms with E-state index in [1.807, 2.05) is 46.8 Å². The van der Waals surface area contributed by atoms with Gasteiger partial charge in [-0.05, 0) is 34.9 Å². The molecule has 0 aliphatic carbocycles. The van der Waals surface area contributed by atoms with Crippen molar-refractivity contribution in [3.63, 3.8) is 0 Å². The molecule has 17 heavy (non-hydrogen) atoms. The Morgan fingerprint density at radius 1 is 1.47 bits per heavy atom. The summed E-state index contributed by atoms with van der Waals surface area (Å²) < 4.78 is 1.64. The lowest BCUT2D eigenvalue weighted by Crippen LogP contribution is -2.49. The van der Waals surface area contributed by atoms with E-state index in [4.69, 9.17) is 11.6 Å². The summed E-state index contributed by atoms with van der Waals surface area (Å²) in [6.45, 7) is 5.94. The zero-order valence-electron chi connectivity index (χ0n) is 11.5. The molecule has 1 atom stereocenters. The Labute approximate surface area is 108 Å². The first-order valence-corrected chi connectivity index (χ1v) is 6.09. The van der Waals surface area contributed by atoms with Crippen LogP contribution in [0.2, 0.25) is 5.15 Å². The molecule has 0 spiro atoms. The van der Waals surface area contributed by atoms with Crippen LogP contribution >= 0.6 is 11.6 Å². The maximum absolute atomic E-state index is 10.3. The van der Waals surface area contributed by atoms with Crippen LogP contribution in [0.25, 0.3) is 0 Å². The van der Waals surface area contributed by atoms with E-state index in [9.17, 15) is 5.11 Å². The first kappa shape index (κ1) is 14.5. The SMILES string of the molecule is Cc1nn(C)c(Cl)c1CC(O)C(C)(C)N(C)C. The fourth-order valence-electron chi connectivity index (χ4n) is 1.65. The lowest BCUT2D eigenvalue weighted by molar-refractivity contribution is 0.0182. The van der Waals surface area contributed by atoms with E-state index in [0.29, 0.717) is 11.6 Å². The zero-order valence-corrected chi connectivity index (χ0v) is 12.2. The lowest BCUT2D eigenvalue weighted by atomic mass is 9.91. The van der Waals surface area contributed by atoms with Crippen molar-refractivity contribution in [2.45, 2.75) is 38.8 Å². The maximum Gasteiger partial charge on any atom is 0.130 e. The van der Waals surface area contributed by atoms with Crippen molar-refractivity contribution in [1.82, 2.24) is 14.7 Å². The van der Waals surface area contributed by atoms with Gasteiger partial charge in [-0.3, -0.25) is 4.68 Å². The van der Waals surface area contributed by atoms with Gasteiger partial charge >= 0.3 is 0 Å². The van der Waals surface area contributed by atoms with Gasteiger partial charge in [0.15, 0.2) is 0 Å². The third-order valence-corrected chi connectivity index (χ3v) is 4.11. The van der Waals surface area contributed by atoms with Crippen molar-refractivity contribution in [1.29, 1.82) is 0 Å². The highest BCUT2D eigenvalue weighted by Gasteiger charge is 2.31. The normalized spacial score (nSPS) is 14.4. The molecular formula is C12H22ClN3O. The van der Waals surface area contributed by atoms with Crippen LogP contribution < -0.4 is 0 Å². The summed E-state index contributed by atoms with van der Waals surface area (Å²) in [7, 11) is 5.73. The molecule has 0 aliphatic rings. The van der Waals surface area contributed by atoms with Crippen molar-refractivity contribution < 1.29 is 5.11 Å². The summed E-state index contributed by atoms with van der Waals surface area (Å²) in [5, 5.41) is 15.2. The molecule has 0 saturated carbocycles. The highest BCUT2D eigenvalue weighted by molar-refractivity contribution is 6.30. The van der Waals surface area contributed by atoms with Crippen molar-refractivity contribution in [3.8, 4) is 0 Å². The average molecular weight is 260 g/mol. The number of aromatic nitrogens is 2. The quantitative estimate of drug-likeness (QED) is 0.894. The van der Waals surface area contributed by atoms with Crippen LogP contribution in [-0.4, -0.2) is 45.5 Å². The summed E-state index contributed by atoms with van der Waals surface area (Å²) in [5.41, 5.74) is 1.51. The van der Waals surface area contributed by atoms with Crippen LogP contribution in [0.5, 0.6) is 0 Å². The van der Waals surface area contributed by atoms with Crippen molar-refractivity contribution in [2.75, 3.05) is 14.1 Å². The van der Waals surface area contributed by atoms with Crippen LogP contribution in [0.3, 0.4) is 0 Å². The summed E-state index contributed by atoms with van der Waals surface area (Å²) >= 11 is 6.16. The van der Waals surface area contributed by atoms with Gasteiger partial charge in [0.2, 0.25) is 0 Å². The van der Waals surface area contributed by atoms with Crippen molar-refractivity contribution in [2.24, 2.45) is 7.05 Å². The maximum atomic E-state index is 10.3. The number of likely N-dealkylation sites (N-methyl/N-ethyl adjacent to an activating group) is 1. The molecule has 0 aliphatic heterocycles. The van der Waals surface area contributed by atoms with Crippen LogP contribution in [0, 0.1) is 6.92 Å². The van der Waals surface area contributed by atoms with Crippen molar-refractivity contribution in [3.05, 3.63) is 16.4 Å². The third kappa shape index (κ3) is 2.81. The molecule has 4 nitrogen and oxygen atoms in total. The predicted molar refractivity (Wildman–Crippen MR) is 70.4 cm³/mol. The number of rotatable bonds is 4. The van der Waals surface area contributed by atoms with Gasteiger partial charge in [-0.15, -0.1) is 0 Å². The highest BCUT2D eigenvalue weighted by Crippen LogP contribution is 2.25. The molecule has 0 saturated heterocycles.